The lowest BCUT2D eigenvalue weighted by molar-refractivity contribution is 0.222. The van der Waals surface area contributed by atoms with Gasteiger partial charge in [-0.3, -0.25) is 0 Å². The van der Waals surface area contributed by atoms with Gasteiger partial charge in [-0.1, -0.05) is 0 Å². The number of piperazine rings is 1. The maximum atomic E-state index is 12.3. The topological polar surface area (TPSA) is 96.0 Å². The van der Waals surface area contributed by atoms with E-state index in [1.54, 1.807) is 0 Å². The van der Waals surface area contributed by atoms with Crippen LogP contribution in [0.5, 0.6) is 5.75 Å². The first-order valence-electron chi connectivity index (χ1n) is 7.55. The fraction of sp³-hybridized carbons (Fsp3) is 0.571. The number of nitrogens with one attached hydrogen (secondary N) is 1. The lowest BCUT2D eigenvalue weighted by Gasteiger charge is -2.31. The molecule has 0 aliphatic carbocycles. The molecule has 8 nitrogen and oxygen atoms in total. The second-order valence-electron chi connectivity index (χ2n) is 5.59. The van der Waals surface area contributed by atoms with Gasteiger partial charge in [0, 0.05) is 32.7 Å². The van der Waals surface area contributed by atoms with Crippen molar-refractivity contribution in [2.24, 2.45) is 0 Å². The van der Waals surface area contributed by atoms with E-state index < -0.39 is 20.0 Å². The van der Waals surface area contributed by atoms with Crippen LogP contribution in [0.15, 0.2) is 29.2 Å². The maximum absolute atomic E-state index is 12.3. The third-order valence-electron chi connectivity index (χ3n) is 3.88. The van der Waals surface area contributed by atoms with Gasteiger partial charge >= 0.3 is 0 Å². The minimum atomic E-state index is -3.74. The lowest BCUT2D eigenvalue weighted by Crippen LogP contribution is -2.48. The zero-order valence-corrected chi connectivity index (χ0v) is 15.4. The van der Waals surface area contributed by atoms with Gasteiger partial charge in [0.15, 0.2) is 0 Å². The lowest BCUT2D eigenvalue weighted by atomic mass is 10.3. The number of nitrogens with zero attached hydrogens (tertiary/aromatic N) is 2. The Morgan fingerprint density at radius 2 is 1.62 bits per heavy atom. The molecule has 0 bridgehead atoms. The smallest absolute Gasteiger partial charge is 0.240 e. The average Bonchev–Trinajstić information content (AvgIpc) is 2.55. The normalized spacial score (nSPS) is 17.8. The molecule has 0 radical (unpaired) electrons. The summed E-state index contributed by atoms with van der Waals surface area (Å²) < 4.78 is 57.6. The van der Waals surface area contributed by atoms with Gasteiger partial charge in [-0.15, -0.1) is 0 Å². The van der Waals surface area contributed by atoms with Crippen molar-refractivity contribution in [1.82, 2.24) is 13.9 Å². The van der Waals surface area contributed by atoms with E-state index in [0.717, 1.165) is 0 Å². The van der Waals surface area contributed by atoms with E-state index in [1.165, 1.54) is 35.7 Å². The van der Waals surface area contributed by atoms with Crippen molar-refractivity contribution in [3.63, 3.8) is 0 Å². The van der Waals surface area contributed by atoms with E-state index in [2.05, 4.69) is 9.62 Å². The molecular weight excluding hydrogens is 354 g/mol. The van der Waals surface area contributed by atoms with Gasteiger partial charge in [-0.2, -0.15) is 4.31 Å². The van der Waals surface area contributed by atoms with Crippen molar-refractivity contribution in [3.8, 4) is 5.75 Å². The molecule has 1 aliphatic rings. The predicted octanol–water partition coefficient (Wildman–Crippen LogP) is -0.449. The zero-order chi connectivity index (χ0) is 17.8. The number of benzene rings is 1. The summed E-state index contributed by atoms with van der Waals surface area (Å²) in [6, 6.07) is 5.90. The molecule has 0 unspecified atom stereocenters. The van der Waals surface area contributed by atoms with E-state index in [4.69, 9.17) is 4.74 Å². The van der Waals surface area contributed by atoms with Crippen molar-refractivity contribution in [1.29, 1.82) is 0 Å². The van der Waals surface area contributed by atoms with E-state index in [0.29, 0.717) is 31.9 Å². The highest BCUT2D eigenvalue weighted by molar-refractivity contribution is 7.90. The molecule has 0 spiro atoms. The Kier molecular flexibility index (Phi) is 6.21. The number of rotatable bonds is 7. The largest absolute Gasteiger partial charge is 0.497 e. The molecule has 1 heterocycles. The fourth-order valence-corrected chi connectivity index (χ4v) is 4.84. The standard InChI is InChI=1S/C14H23N3O5S2/c1-16-8-10-17(11-9-16)23(18,19)12-7-15-24(20,21)14-5-3-13(22-2)4-6-14/h3-6,15H,7-12H2,1-2H3. The van der Waals surface area contributed by atoms with Crippen molar-refractivity contribution >= 4 is 20.0 Å². The summed E-state index contributed by atoms with van der Waals surface area (Å²) in [5, 5.41) is 0. The average molecular weight is 377 g/mol. The van der Waals surface area contributed by atoms with Gasteiger partial charge in [0.25, 0.3) is 0 Å². The van der Waals surface area contributed by atoms with Crippen molar-refractivity contribution in [3.05, 3.63) is 24.3 Å². The first-order valence-corrected chi connectivity index (χ1v) is 10.6. The second kappa shape index (κ2) is 7.79. The van der Waals surface area contributed by atoms with Gasteiger partial charge in [0.05, 0.1) is 17.8 Å². The molecule has 136 valence electrons. The summed E-state index contributed by atoms with van der Waals surface area (Å²) in [7, 11) is -3.78. The Labute approximate surface area is 143 Å². The molecule has 2 rings (SSSR count). The number of methoxy groups -OCH3 is 1. The molecule has 0 aromatic heterocycles. The van der Waals surface area contributed by atoms with E-state index in [1.807, 2.05) is 7.05 Å². The summed E-state index contributed by atoms with van der Waals surface area (Å²) >= 11 is 0. The SMILES string of the molecule is COc1ccc(S(=O)(=O)NCCS(=O)(=O)N2CCN(C)CC2)cc1. The number of hydrogen-bond donors (Lipinski definition) is 1. The Balaban J connectivity index is 1.92. The Morgan fingerprint density at radius 3 is 2.17 bits per heavy atom. The van der Waals surface area contributed by atoms with Gasteiger partial charge in [-0.25, -0.2) is 21.6 Å². The second-order valence-corrected chi connectivity index (χ2v) is 9.45. The molecule has 1 aromatic rings. The minimum absolute atomic E-state index is 0.0697. The van der Waals surface area contributed by atoms with Crippen LogP contribution in [0, 0.1) is 0 Å². The zero-order valence-electron chi connectivity index (χ0n) is 13.8. The maximum Gasteiger partial charge on any atom is 0.240 e. The number of likely N-dealkylation sites (N-methyl/N-ethyl adjacent to an activating group) is 1. The Morgan fingerprint density at radius 1 is 1.04 bits per heavy atom. The van der Waals surface area contributed by atoms with Crippen LogP contribution in [0.3, 0.4) is 0 Å². The third-order valence-corrected chi connectivity index (χ3v) is 7.23. The molecule has 1 aliphatic heterocycles. The monoisotopic (exact) mass is 377 g/mol. The highest BCUT2D eigenvalue weighted by Crippen LogP contribution is 2.15. The van der Waals surface area contributed by atoms with Crippen LogP contribution in [0.4, 0.5) is 0 Å². The highest BCUT2D eigenvalue weighted by atomic mass is 32.2. The Hall–Kier alpha value is -1.20. The first kappa shape index (κ1) is 19.1. The fourth-order valence-electron chi connectivity index (χ4n) is 2.34. The molecule has 10 heteroatoms. The summed E-state index contributed by atoms with van der Waals surface area (Å²) in [6.45, 7) is 2.06. The molecule has 0 saturated carbocycles. The summed E-state index contributed by atoms with van der Waals surface area (Å²) in [5.74, 6) is 0.290. The van der Waals surface area contributed by atoms with Crippen LogP contribution in [-0.4, -0.2) is 78.7 Å². The summed E-state index contributed by atoms with van der Waals surface area (Å²) in [4.78, 5) is 2.12. The highest BCUT2D eigenvalue weighted by Gasteiger charge is 2.26. The molecular formula is C14H23N3O5S2. The van der Waals surface area contributed by atoms with Gasteiger partial charge in [0.1, 0.15) is 5.75 Å². The van der Waals surface area contributed by atoms with Gasteiger partial charge in [0.2, 0.25) is 20.0 Å². The van der Waals surface area contributed by atoms with Gasteiger partial charge < -0.3 is 9.64 Å². The van der Waals surface area contributed by atoms with E-state index in [9.17, 15) is 16.8 Å². The summed E-state index contributed by atoms with van der Waals surface area (Å²) in [6.07, 6.45) is 0. The van der Waals surface area contributed by atoms with Crippen LogP contribution in [0.2, 0.25) is 0 Å². The number of hydrogen-bond acceptors (Lipinski definition) is 6. The van der Waals surface area contributed by atoms with Crippen molar-refractivity contribution in [2.75, 3.05) is 52.6 Å². The quantitative estimate of drug-likeness (QED) is 0.692. The van der Waals surface area contributed by atoms with Crippen molar-refractivity contribution in [2.45, 2.75) is 4.90 Å². The van der Waals surface area contributed by atoms with Crippen LogP contribution >= 0.6 is 0 Å². The Bertz CT molecular complexity index is 739. The molecule has 24 heavy (non-hydrogen) atoms. The van der Waals surface area contributed by atoms with Gasteiger partial charge in [-0.05, 0) is 31.3 Å². The van der Waals surface area contributed by atoms with Crippen LogP contribution in [0.1, 0.15) is 0 Å². The predicted molar refractivity (Wildman–Crippen MR) is 91.0 cm³/mol. The molecule has 1 aromatic carbocycles. The molecule has 1 N–H and O–H groups in total. The van der Waals surface area contributed by atoms with Crippen LogP contribution in [0.25, 0.3) is 0 Å². The van der Waals surface area contributed by atoms with E-state index >= 15 is 0 Å². The van der Waals surface area contributed by atoms with Crippen molar-refractivity contribution < 1.29 is 21.6 Å². The molecule has 1 saturated heterocycles. The minimum Gasteiger partial charge on any atom is -0.497 e. The third kappa shape index (κ3) is 4.90. The summed E-state index contributed by atoms with van der Waals surface area (Å²) in [5.41, 5.74) is 0. The number of sulfonamides is 2. The molecule has 0 atom stereocenters. The number of ether oxygens (including phenoxy) is 1. The molecule has 1 fully saturated rings. The molecule has 0 amide bonds. The van der Waals surface area contributed by atoms with Crippen LogP contribution in [-0.2, 0) is 20.0 Å². The first-order chi connectivity index (χ1) is 11.2. The van der Waals surface area contributed by atoms with Crippen LogP contribution < -0.4 is 9.46 Å². The van der Waals surface area contributed by atoms with E-state index in [-0.39, 0.29) is 17.2 Å².